The number of carboxylic acids is 1. The van der Waals surface area contributed by atoms with Crippen molar-refractivity contribution in [1.82, 2.24) is 0 Å². The van der Waals surface area contributed by atoms with Crippen LogP contribution in [0, 0.1) is 6.92 Å². The molecule has 1 rings (SSSR count). The third-order valence-corrected chi connectivity index (χ3v) is 3.20. The summed E-state index contributed by atoms with van der Waals surface area (Å²) in [7, 11) is 0. The van der Waals surface area contributed by atoms with Crippen molar-refractivity contribution >= 4 is 23.4 Å². The van der Waals surface area contributed by atoms with E-state index in [-0.39, 0.29) is 6.54 Å². The largest absolute Gasteiger partial charge is 0.480 e. The van der Waals surface area contributed by atoms with Crippen molar-refractivity contribution < 1.29 is 9.90 Å². The second kappa shape index (κ2) is 7.22. The molecule has 1 N–H and O–H groups in total. The molecule has 0 heterocycles. The van der Waals surface area contributed by atoms with Gasteiger partial charge in [-0.15, -0.1) is 0 Å². The minimum Gasteiger partial charge on any atom is -0.480 e. The predicted molar refractivity (Wildman–Crippen MR) is 74.0 cm³/mol. The van der Waals surface area contributed by atoms with Gasteiger partial charge in [0.2, 0.25) is 0 Å². The average Bonchev–Trinajstić information content (AvgIpc) is 2.28. The van der Waals surface area contributed by atoms with Gasteiger partial charge in [0.05, 0.1) is 0 Å². The van der Waals surface area contributed by atoms with E-state index in [4.69, 9.17) is 5.11 Å². The maximum Gasteiger partial charge on any atom is 0.323 e. The van der Waals surface area contributed by atoms with Crippen molar-refractivity contribution in [1.29, 1.82) is 0 Å². The summed E-state index contributed by atoms with van der Waals surface area (Å²) in [6.07, 6.45) is 3.07. The van der Waals surface area contributed by atoms with Gasteiger partial charge in [-0.05, 0) is 37.5 Å². The van der Waals surface area contributed by atoms with Crippen LogP contribution in [0.25, 0.3) is 0 Å². The Morgan fingerprint density at radius 2 is 2.00 bits per heavy atom. The Morgan fingerprint density at radius 1 is 1.35 bits per heavy atom. The normalized spacial score (nSPS) is 10.2. The summed E-state index contributed by atoms with van der Waals surface area (Å²) in [6, 6.07) is 7.99. The number of carboxylic acid groups (broad SMARTS) is 1. The molecule has 0 aliphatic rings. The molecular formula is C13H19NO2S. The number of hydrogen-bond acceptors (Lipinski definition) is 3. The monoisotopic (exact) mass is 253 g/mol. The SMILES string of the molecule is CSCCCN(CC(=O)O)c1ccc(C)cc1. The number of anilines is 1. The Morgan fingerprint density at radius 3 is 2.53 bits per heavy atom. The summed E-state index contributed by atoms with van der Waals surface area (Å²) in [5.41, 5.74) is 2.17. The van der Waals surface area contributed by atoms with E-state index in [1.54, 1.807) is 11.8 Å². The molecule has 94 valence electrons. The molecule has 3 nitrogen and oxygen atoms in total. The lowest BCUT2D eigenvalue weighted by Crippen LogP contribution is -2.30. The molecule has 0 aliphatic heterocycles. The lowest BCUT2D eigenvalue weighted by atomic mass is 10.2. The van der Waals surface area contributed by atoms with Gasteiger partial charge in [-0.25, -0.2) is 0 Å². The zero-order valence-corrected chi connectivity index (χ0v) is 11.2. The van der Waals surface area contributed by atoms with Gasteiger partial charge in [0.1, 0.15) is 6.54 Å². The van der Waals surface area contributed by atoms with Crippen LogP contribution in [0.2, 0.25) is 0 Å². The van der Waals surface area contributed by atoms with Crippen LogP contribution in [0.3, 0.4) is 0 Å². The standard InChI is InChI=1S/C13H19NO2S/c1-11-4-6-12(7-5-11)14(10-13(15)16)8-3-9-17-2/h4-7H,3,8-10H2,1-2H3,(H,15,16). The molecule has 0 atom stereocenters. The molecule has 0 saturated carbocycles. The Kier molecular flexibility index (Phi) is 5.91. The molecule has 0 unspecified atom stereocenters. The summed E-state index contributed by atoms with van der Waals surface area (Å²) >= 11 is 1.79. The Hall–Kier alpha value is -1.16. The van der Waals surface area contributed by atoms with E-state index in [1.165, 1.54) is 5.56 Å². The van der Waals surface area contributed by atoms with Crippen LogP contribution >= 0.6 is 11.8 Å². The van der Waals surface area contributed by atoms with E-state index in [2.05, 4.69) is 6.26 Å². The fourth-order valence-corrected chi connectivity index (χ4v) is 2.04. The maximum absolute atomic E-state index is 10.8. The van der Waals surface area contributed by atoms with E-state index in [1.807, 2.05) is 36.1 Å². The van der Waals surface area contributed by atoms with Crippen LogP contribution in [0.1, 0.15) is 12.0 Å². The van der Waals surface area contributed by atoms with Crippen molar-refractivity contribution in [2.75, 3.05) is 30.0 Å². The quantitative estimate of drug-likeness (QED) is 0.758. The second-order valence-electron chi connectivity index (χ2n) is 4.00. The number of nitrogens with zero attached hydrogens (tertiary/aromatic N) is 1. The highest BCUT2D eigenvalue weighted by Gasteiger charge is 2.09. The number of aliphatic carboxylic acids is 1. The predicted octanol–water partition coefficient (Wildman–Crippen LogP) is 2.64. The topological polar surface area (TPSA) is 40.5 Å². The number of hydrogen-bond donors (Lipinski definition) is 1. The molecule has 0 spiro atoms. The Balaban J connectivity index is 2.67. The smallest absolute Gasteiger partial charge is 0.323 e. The first-order valence-corrected chi connectivity index (χ1v) is 7.05. The third kappa shape index (κ3) is 5.13. The minimum absolute atomic E-state index is 0.0669. The molecule has 17 heavy (non-hydrogen) atoms. The summed E-state index contributed by atoms with van der Waals surface area (Å²) in [4.78, 5) is 12.8. The Bertz CT molecular complexity index is 351. The van der Waals surface area contributed by atoms with E-state index >= 15 is 0 Å². The van der Waals surface area contributed by atoms with Crippen LogP contribution < -0.4 is 4.90 Å². The van der Waals surface area contributed by atoms with Gasteiger partial charge in [0, 0.05) is 12.2 Å². The number of thioether (sulfide) groups is 1. The molecule has 0 bridgehead atoms. The van der Waals surface area contributed by atoms with Gasteiger partial charge >= 0.3 is 5.97 Å². The van der Waals surface area contributed by atoms with Gasteiger partial charge in [0.25, 0.3) is 0 Å². The molecule has 4 heteroatoms. The number of rotatable bonds is 7. The summed E-state index contributed by atoms with van der Waals surface area (Å²) in [5.74, 6) is 0.275. The highest BCUT2D eigenvalue weighted by molar-refractivity contribution is 7.98. The molecule has 0 fully saturated rings. The van der Waals surface area contributed by atoms with Crippen molar-refractivity contribution in [3.05, 3.63) is 29.8 Å². The fourth-order valence-electron chi connectivity index (χ4n) is 1.62. The van der Waals surface area contributed by atoms with E-state index < -0.39 is 5.97 Å². The highest BCUT2D eigenvalue weighted by Crippen LogP contribution is 2.15. The second-order valence-corrected chi connectivity index (χ2v) is 4.98. The molecule has 0 radical (unpaired) electrons. The number of carbonyl (C=O) groups is 1. The summed E-state index contributed by atoms with van der Waals surface area (Å²) in [6.45, 7) is 2.88. The van der Waals surface area contributed by atoms with Crippen LogP contribution in [0.4, 0.5) is 5.69 Å². The highest BCUT2D eigenvalue weighted by atomic mass is 32.2. The van der Waals surface area contributed by atoms with Crippen molar-refractivity contribution in [2.24, 2.45) is 0 Å². The lowest BCUT2D eigenvalue weighted by molar-refractivity contribution is -0.135. The first kappa shape index (κ1) is 13.9. The van der Waals surface area contributed by atoms with Crippen molar-refractivity contribution in [2.45, 2.75) is 13.3 Å². The zero-order chi connectivity index (χ0) is 12.7. The summed E-state index contributed by atoms with van der Waals surface area (Å²) in [5, 5.41) is 8.91. The number of aryl methyl sites for hydroxylation is 1. The zero-order valence-electron chi connectivity index (χ0n) is 10.3. The first-order chi connectivity index (χ1) is 8.13. The lowest BCUT2D eigenvalue weighted by Gasteiger charge is -2.22. The molecular weight excluding hydrogens is 234 g/mol. The van der Waals surface area contributed by atoms with Crippen LogP contribution in [0.15, 0.2) is 24.3 Å². The van der Waals surface area contributed by atoms with E-state index in [9.17, 15) is 4.79 Å². The van der Waals surface area contributed by atoms with Gasteiger partial charge in [0.15, 0.2) is 0 Å². The molecule has 0 aliphatic carbocycles. The molecule has 0 aromatic heterocycles. The first-order valence-electron chi connectivity index (χ1n) is 5.66. The van der Waals surface area contributed by atoms with Gasteiger partial charge in [-0.2, -0.15) is 11.8 Å². The fraction of sp³-hybridized carbons (Fsp3) is 0.462. The van der Waals surface area contributed by atoms with Crippen LogP contribution in [-0.2, 0) is 4.79 Å². The maximum atomic E-state index is 10.8. The van der Waals surface area contributed by atoms with Crippen LogP contribution in [-0.4, -0.2) is 36.2 Å². The molecule has 0 saturated heterocycles. The average molecular weight is 253 g/mol. The molecule has 0 amide bonds. The Labute approximate surface area is 107 Å². The number of benzene rings is 1. The molecule has 1 aromatic rings. The van der Waals surface area contributed by atoms with E-state index in [0.29, 0.717) is 0 Å². The van der Waals surface area contributed by atoms with Crippen molar-refractivity contribution in [3.63, 3.8) is 0 Å². The van der Waals surface area contributed by atoms with E-state index in [0.717, 1.165) is 24.4 Å². The van der Waals surface area contributed by atoms with Crippen LogP contribution in [0.5, 0.6) is 0 Å². The van der Waals surface area contributed by atoms with Crippen molar-refractivity contribution in [3.8, 4) is 0 Å². The summed E-state index contributed by atoms with van der Waals surface area (Å²) < 4.78 is 0. The van der Waals surface area contributed by atoms with Gasteiger partial charge in [-0.1, -0.05) is 17.7 Å². The minimum atomic E-state index is -0.783. The van der Waals surface area contributed by atoms with Gasteiger partial charge in [-0.3, -0.25) is 4.79 Å². The molecule has 1 aromatic carbocycles. The van der Waals surface area contributed by atoms with Gasteiger partial charge < -0.3 is 10.0 Å². The third-order valence-electron chi connectivity index (χ3n) is 2.50.